The first-order valence-electron chi connectivity index (χ1n) is 6.21. The molecule has 2 aromatic rings. The van der Waals surface area contributed by atoms with Gasteiger partial charge in [-0.3, -0.25) is 0 Å². The van der Waals surface area contributed by atoms with Crippen LogP contribution in [0.5, 0.6) is 0 Å². The summed E-state index contributed by atoms with van der Waals surface area (Å²) >= 11 is 0. The molecule has 0 atom stereocenters. The fraction of sp³-hybridized carbons (Fsp3) is 0.286. The molecule has 3 N–H and O–H groups in total. The number of nitrogens with two attached hydrogens (primary N) is 1. The second kappa shape index (κ2) is 7.27. The Labute approximate surface area is 108 Å². The van der Waals surface area contributed by atoms with Crippen LogP contribution in [0.4, 0.5) is 17.2 Å². The molecule has 0 unspecified atom stereocenters. The molecule has 0 aliphatic heterocycles. The molecule has 2 rings (SSSR count). The minimum Gasteiger partial charge on any atom is -0.399 e. The lowest BCUT2D eigenvalue weighted by Gasteiger charge is -2.06. The van der Waals surface area contributed by atoms with Crippen LogP contribution in [-0.2, 0) is 6.42 Å². The van der Waals surface area contributed by atoms with Crippen LogP contribution in [0.3, 0.4) is 0 Å². The van der Waals surface area contributed by atoms with Crippen molar-refractivity contribution in [2.45, 2.75) is 27.2 Å². The summed E-state index contributed by atoms with van der Waals surface area (Å²) in [7, 11) is 0. The molecular weight excluding hydrogens is 224 g/mol. The number of aryl methyl sites for hydroxylation is 1. The highest BCUT2D eigenvalue weighted by Gasteiger charge is 1.98. The standard InChI is InChI=1S/C12H14N4.C2H6/c1-2-10-7-12(15-8-14-10)16-11-5-3-4-9(13)6-11;1-2/h3-8H,2,13H2,1H3,(H,14,15,16);1-2H3. The lowest BCUT2D eigenvalue weighted by atomic mass is 10.2. The zero-order valence-corrected chi connectivity index (χ0v) is 11.1. The summed E-state index contributed by atoms with van der Waals surface area (Å²) in [5.74, 6) is 0.789. The number of hydrogen-bond acceptors (Lipinski definition) is 4. The van der Waals surface area contributed by atoms with E-state index in [4.69, 9.17) is 5.73 Å². The number of nitrogens with zero attached hydrogens (tertiary/aromatic N) is 2. The van der Waals surface area contributed by atoms with Crippen molar-refractivity contribution in [2.24, 2.45) is 0 Å². The Balaban J connectivity index is 0.000000771. The summed E-state index contributed by atoms with van der Waals surface area (Å²) in [6, 6.07) is 9.50. The molecule has 96 valence electrons. The quantitative estimate of drug-likeness (QED) is 0.812. The monoisotopic (exact) mass is 244 g/mol. The molecule has 0 aliphatic carbocycles. The average Bonchev–Trinajstić information content (AvgIpc) is 2.41. The molecule has 4 heteroatoms. The summed E-state index contributed by atoms with van der Waals surface area (Å²) in [6.45, 7) is 6.06. The fourth-order valence-electron chi connectivity index (χ4n) is 1.42. The summed E-state index contributed by atoms with van der Waals surface area (Å²) in [6.07, 6.45) is 2.46. The summed E-state index contributed by atoms with van der Waals surface area (Å²) in [4.78, 5) is 8.29. The topological polar surface area (TPSA) is 63.8 Å². The molecule has 1 aromatic carbocycles. The Morgan fingerprint density at radius 1 is 1.17 bits per heavy atom. The average molecular weight is 244 g/mol. The maximum Gasteiger partial charge on any atom is 0.133 e. The van der Waals surface area contributed by atoms with Crippen molar-refractivity contribution in [3.05, 3.63) is 42.4 Å². The van der Waals surface area contributed by atoms with Crippen LogP contribution < -0.4 is 11.1 Å². The fourth-order valence-corrected chi connectivity index (χ4v) is 1.42. The van der Waals surface area contributed by atoms with Gasteiger partial charge in [-0.15, -0.1) is 0 Å². The minimum atomic E-state index is 0.731. The van der Waals surface area contributed by atoms with E-state index < -0.39 is 0 Å². The summed E-state index contributed by atoms with van der Waals surface area (Å²) in [5.41, 5.74) is 8.37. The van der Waals surface area contributed by atoms with Crippen LogP contribution in [0.25, 0.3) is 0 Å². The first kappa shape index (κ1) is 14.0. The van der Waals surface area contributed by atoms with Crippen molar-refractivity contribution in [1.82, 2.24) is 9.97 Å². The third kappa shape index (κ3) is 4.05. The van der Waals surface area contributed by atoms with Gasteiger partial charge in [-0.1, -0.05) is 26.8 Å². The van der Waals surface area contributed by atoms with Gasteiger partial charge in [0.15, 0.2) is 0 Å². The highest BCUT2D eigenvalue weighted by atomic mass is 15.0. The number of rotatable bonds is 3. The van der Waals surface area contributed by atoms with Gasteiger partial charge >= 0.3 is 0 Å². The number of benzene rings is 1. The molecule has 4 nitrogen and oxygen atoms in total. The van der Waals surface area contributed by atoms with Gasteiger partial charge < -0.3 is 11.1 Å². The predicted molar refractivity (Wildman–Crippen MR) is 76.9 cm³/mol. The molecule has 1 aromatic heterocycles. The van der Waals surface area contributed by atoms with E-state index in [1.165, 1.54) is 0 Å². The van der Waals surface area contributed by atoms with E-state index in [-0.39, 0.29) is 0 Å². The predicted octanol–water partition coefficient (Wildman–Crippen LogP) is 3.39. The lowest BCUT2D eigenvalue weighted by molar-refractivity contribution is 1.00. The molecule has 1 heterocycles. The van der Waals surface area contributed by atoms with Crippen molar-refractivity contribution in [1.29, 1.82) is 0 Å². The van der Waals surface area contributed by atoms with E-state index in [1.807, 2.05) is 44.2 Å². The maximum atomic E-state index is 5.70. The Kier molecular flexibility index (Phi) is 5.64. The highest BCUT2D eigenvalue weighted by Crippen LogP contribution is 2.17. The van der Waals surface area contributed by atoms with Crippen molar-refractivity contribution >= 4 is 17.2 Å². The summed E-state index contributed by atoms with van der Waals surface area (Å²) in [5, 5.41) is 3.19. The number of nitrogen functional groups attached to an aromatic ring is 1. The van der Waals surface area contributed by atoms with Crippen LogP contribution in [0.1, 0.15) is 26.5 Å². The molecule has 0 aliphatic rings. The molecule has 0 radical (unpaired) electrons. The Hall–Kier alpha value is -2.10. The van der Waals surface area contributed by atoms with Gasteiger partial charge in [-0.2, -0.15) is 0 Å². The van der Waals surface area contributed by atoms with Crippen molar-refractivity contribution in [3.63, 3.8) is 0 Å². The van der Waals surface area contributed by atoms with E-state index >= 15 is 0 Å². The van der Waals surface area contributed by atoms with Gasteiger partial charge in [0.25, 0.3) is 0 Å². The third-order valence-electron chi connectivity index (χ3n) is 2.24. The SMILES string of the molecule is CC.CCc1cc(Nc2cccc(N)c2)ncn1. The van der Waals surface area contributed by atoms with E-state index in [2.05, 4.69) is 22.2 Å². The van der Waals surface area contributed by atoms with Crippen molar-refractivity contribution < 1.29 is 0 Å². The number of anilines is 3. The second-order valence-corrected chi connectivity index (χ2v) is 3.50. The van der Waals surface area contributed by atoms with Crippen molar-refractivity contribution in [2.75, 3.05) is 11.1 Å². The first-order chi connectivity index (χ1) is 8.78. The summed E-state index contributed by atoms with van der Waals surface area (Å²) < 4.78 is 0. The van der Waals surface area contributed by atoms with Gasteiger partial charge in [-0.25, -0.2) is 9.97 Å². The second-order valence-electron chi connectivity index (χ2n) is 3.50. The van der Waals surface area contributed by atoms with Crippen molar-refractivity contribution in [3.8, 4) is 0 Å². The van der Waals surface area contributed by atoms with Crippen LogP contribution >= 0.6 is 0 Å². The zero-order chi connectivity index (χ0) is 13.4. The van der Waals surface area contributed by atoms with Gasteiger partial charge in [0.1, 0.15) is 12.1 Å². The molecule has 18 heavy (non-hydrogen) atoms. The van der Waals surface area contributed by atoms with E-state index in [9.17, 15) is 0 Å². The van der Waals surface area contributed by atoms with E-state index in [0.717, 1.165) is 29.3 Å². The minimum absolute atomic E-state index is 0.731. The molecule has 0 amide bonds. The van der Waals surface area contributed by atoms with Gasteiger partial charge in [0, 0.05) is 23.1 Å². The van der Waals surface area contributed by atoms with Crippen LogP contribution in [0, 0.1) is 0 Å². The lowest BCUT2D eigenvalue weighted by Crippen LogP contribution is -1.97. The highest BCUT2D eigenvalue weighted by molar-refractivity contribution is 5.61. The number of hydrogen-bond donors (Lipinski definition) is 2. The van der Waals surface area contributed by atoms with Gasteiger partial charge in [0.2, 0.25) is 0 Å². The van der Waals surface area contributed by atoms with Crippen LogP contribution in [-0.4, -0.2) is 9.97 Å². The van der Waals surface area contributed by atoms with Gasteiger partial charge in [0.05, 0.1) is 0 Å². The smallest absolute Gasteiger partial charge is 0.133 e. The molecular formula is C14H20N4. The number of aromatic nitrogens is 2. The van der Waals surface area contributed by atoms with E-state index in [0.29, 0.717) is 0 Å². The largest absolute Gasteiger partial charge is 0.399 e. The molecule has 0 saturated carbocycles. The zero-order valence-electron chi connectivity index (χ0n) is 11.1. The van der Waals surface area contributed by atoms with Gasteiger partial charge in [-0.05, 0) is 24.6 Å². The third-order valence-corrected chi connectivity index (χ3v) is 2.24. The maximum absolute atomic E-state index is 5.70. The number of nitrogens with one attached hydrogen (secondary N) is 1. The molecule has 0 fully saturated rings. The Bertz CT molecular complexity index is 483. The Morgan fingerprint density at radius 3 is 2.61 bits per heavy atom. The Morgan fingerprint density at radius 2 is 1.94 bits per heavy atom. The molecule has 0 saturated heterocycles. The van der Waals surface area contributed by atoms with Crippen LogP contribution in [0.2, 0.25) is 0 Å². The first-order valence-corrected chi connectivity index (χ1v) is 6.21. The normalized spacial score (nSPS) is 9.28. The van der Waals surface area contributed by atoms with E-state index in [1.54, 1.807) is 6.33 Å². The van der Waals surface area contributed by atoms with Crippen LogP contribution in [0.15, 0.2) is 36.7 Å². The molecule has 0 spiro atoms. The molecule has 0 bridgehead atoms.